The number of carbonyl (C=O) groups excluding carboxylic acids is 1. The largest absolute Gasteiger partial charge is 0.522 e. The van der Waals surface area contributed by atoms with Crippen LogP contribution in [0.5, 0.6) is 0 Å². The van der Waals surface area contributed by atoms with E-state index < -0.39 is 30.2 Å². The van der Waals surface area contributed by atoms with E-state index in [1.165, 1.54) is 0 Å². The van der Waals surface area contributed by atoms with Crippen molar-refractivity contribution in [2.75, 3.05) is 13.1 Å². The molecule has 2 unspecified atom stereocenters. The molecule has 18 heavy (non-hydrogen) atoms. The van der Waals surface area contributed by atoms with E-state index >= 15 is 0 Å². The number of rotatable bonds is 2. The van der Waals surface area contributed by atoms with Gasteiger partial charge in [0.2, 0.25) is 0 Å². The predicted octanol–water partition coefficient (Wildman–Crippen LogP) is 1.39. The molecule has 8 heteroatoms. The van der Waals surface area contributed by atoms with E-state index in [4.69, 9.17) is 4.74 Å². The maximum Gasteiger partial charge on any atom is 0.522 e. The topological polar surface area (TPSA) is 59.6 Å². The molecular weight excluding hydrogens is 253 g/mol. The number of carbonyl (C=O) groups is 1. The second kappa shape index (κ2) is 5.31. The molecule has 1 fully saturated rings. The van der Waals surface area contributed by atoms with Crippen LogP contribution in [0.3, 0.4) is 0 Å². The summed E-state index contributed by atoms with van der Waals surface area (Å²) in [5, 5.41) is 5.19. The lowest BCUT2D eigenvalue weighted by Gasteiger charge is -2.24. The van der Waals surface area contributed by atoms with Crippen LogP contribution in [-0.4, -0.2) is 43.3 Å². The lowest BCUT2D eigenvalue weighted by molar-refractivity contribution is -0.346. The Balaban J connectivity index is 2.48. The van der Waals surface area contributed by atoms with Crippen LogP contribution >= 0.6 is 0 Å². The predicted molar refractivity (Wildman–Crippen MR) is 57.0 cm³/mol. The molecular formula is C10H17F3N2O3. The van der Waals surface area contributed by atoms with Crippen LogP contribution in [0.25, 0.3) is 0 Å². The first-order chi connectivity index (χ1) is 8.07. The Labute approximate surface area is 103 Å². The van der Waals surface area contributed by atoms with E-state index in [9.17, 15) is 18.0 Å². The highest BCUT2D eigenvalue weighted by molar-refractivity contribution is 5.68. The summed E-state index contributed by atoms with van der Waals surface area (Å²) in [6.45, 7) is 5.35. The van der Waals surface area contributed by atoms with E-state index in [-0.39, 0.29) is 13.1 Å². The van der Waals surface area contributed by atoms with E-state index in [2.05, 4.69) is 15.4 Å². The third kappa shape index (κ3) is 5.54. The SMILES string of the molecule is CC(C)(C)NC(=O)OC1CNCC1OC(F)(F)F. The zero-order chi connectivity index (χ0) is 14.0. The van der Waals surface area contributed by atoms with Gasteiger partial charge in [-0.15, -0.1) is 13.2 Å². The third-order valence-electron chi connectivity index (χ3n) is 2.13. The number of amides is 1. The molecule has 0 aliphatic carbocycles. The number of nitrogens with one attached hydrogen (secondary N) is 2. The molecule has 0 bridgehead atoms. The van der Waals surface area contributed by atoms with E-state index in [0.29, 0.717) is 0 Å². The quantitative estimate of drug-likeness (QED) is 0.796. The first-order valence-corrected chi connectivity index (χ1v) is 5.51. The van der Waals surface area contributed by atoms with Gasteiger partial charge >= 0.3 is 12.5 Å². The van der Waals surface area contributed by atoms with Crippen LogP contribution in [-0.2, 0) is 9.47 Å². The van der Waals surface area contributed by atoms with Crippen LogP contribution < -0.4 is 10.6 Å². The fourth-order valence-electron chi connectivity index (χ4n) is 1.51. The van der Waals surface area contributed by atoms with Crippen LogP contribution in [0.2, 0.25) is 0 Å². The lowest BCUT2D eigenvalue weighted by Crippen LogP contribution is -2.45. The summed E-state index contributed by atoms with van der Waals surface area (Å²) in [7, 11) is 0. The molecule has 5 nitrogen and oxygen atoms in total. The third-order valence-corrected chi connectivity index (χ3v) is 2.13. The summed E-state index contributed by atoms with van der Waals surface area (Å²) in [4.78, 5) is 11.4. The van der Waals surface area contributed by atoms with E-state index in [1.807, 2.05) is 0 Å². The van der Waals surface area contributed by atoms with Crippen LogP contribution in [0, 0.1) is 0 Å². The van der Waals surface area contributed by atoms with Gasteiger partial charge in [-0.25, -0.2) is 4.79 Å². The van der Waals surface area contributed by atoms with Crippen molar-refractivity contribution < 1.29 is 27.4 Å². The molecule has 0 aromatic rings. The fraction of sp³-hybridized carbons (Fsp3) is 0.900. The monoisotopic (exact) mass is 270 g/mol. The maximum absolute atomic E-state index is 12.1. The lowest BCUT2D eigenvalue weighted by atomic mass is 10.1. The first kappa shape index (κ1) is 15.0. The minimum Gasteiger partial charge on any atom is -0.442 e. The molecule has 1 amide bonds. The Hall–Kier alpha value is -1.02. The van der Waals surface area contributed by atoms with E-state index in [0.717, 1.165) is 0 Å². The molecule has 0 spiro atoms. The van der Waals surface area contributed by atoms with Crippen molar-refractivity contribution >= 4 is 6.09 Å². The minimum absolute atomic E-state index is 0.00697. The minimum atomic E-state index is -4.74. The number of hydrogen-bond acceptors (Lipinski definition) is 4. The molecule has 2 atom stereocenters. The molecule has 0 radical (unpaired) electrons. The highest BCUT2D eigenvalue weighted by Crippen LogP contribution is 2.22. The first-order valence-electron chi connectivity index (χ1n) is 5.51. The van der Waals surface area contributed by atoms with Crippen molar-refractivity contribution in [1.82, 2.24) is 10.6 Å². The molecule has 0 aromatic heterocycles. The highest BCUT2D eigenvalue weighted by Gasteiger charge is 2.41. The summed E-state index contributed by atoms with van der Waals surface area (Å²) in [6, 6.07) is 0. The van der Waals surface area contributed by atoms with Crippen molar-refractivity contribution in [3.05, 3.63) is 0 Å². The van der Waals surface area contributed by atoms with Crippen molar-refractivity contribution in [1.29, 1.82) is 0 Å². The average molecular weight is 270 g/mol. The average Bonchev–Trinajstić information content (AvgIpc) is 2.45. The smallest absolute Gasteiger partial charge is 0.442 e. The van der Waals surface area contributed by atoms with Crippen molar-refractivity contribution in [2.24, 2.45) is 0 Å². The molecule has 2 N–H and O–H groups in total. The molecule has 1 aliphatic heterocycles. The Morgan fingerprint density at radius 3 is 2.28 bits per heavy atom. The van der Waals surface area contributed by atoms with Crippen LogP contribution in [0.15, 0.2) is 0 Å². The summed E-state index contributed by atoms with van der Waals surface area (Å²) in [5.41, 5.74) is -0.510. The van der Waals surface area contributed by atoms with Gasteiger partial charge in [0.25, 0.3) is 0 Å². The van der Waals surface area contributed by atoms with Gasteiger partial charge in [-0.3, -0.25) is 4.74 Å². The summed E-state index contributed by atoms with van der Waals surface area (Å²) < 4.78 is 45.0. The second-order valence-electron chi connectivity index (χ2n) is 5.08. The number of halogens is 3. The van der Waals surface area contributed by atoms with Gasteiger partial charge in [-0.05, 0) is 20.8 Å². The Bertz CT molecular complexity index is 302. The second-order valence-corrected chi connectivity index (χ2v) is 5.08. The fourth-order valence-corrected chi connectivity index (χ4v) is 1.51. The zero-order valence-corrected chi connectivity index (χ0v) is 10.4. The van der Waals surface area contributed by atoms with Gasteiger partial charge in [0.05, 0.1) is 0 Å². The van der Waals surface area contributed by atoms with Crippen molar-refractivity contribution in [2.45, 2.75) is 44.9 Å². The van der Waals surface area contributed by atoms with Crippen molar-refractivity contribution in [3.63, 3.8) is 0 Å². The molecule has 1 aliphatic rings. The molecule has 1 rings (SSSR count). The molecule has 106 valence electrons. The van der Waals surface area contributed by atoms with Gasteiger partial charge in [-0.1, -0.05) is 0 Å². The van der Waals surface area contributed by atoms with Gasteiger partial charge in [0.1, 0.15) is 12.2 Å². The van der Waals surface area contributed by atoms with Crippen LogP contribution in [0.1, 0.15) is 20.8 Å². The number of alkyl halides is 3. The summed E-state index contributed by atoms with van der Waals surface area (Å²) in [6.07, 6.45) is -7.66. The number of ether oxygens (including phenoxy) is 2. The molecule has 1 saturated heterocycles. The Morgan fingerprint density at radius 2 is 1.78 bits per heavy atom. The Morgan fingerprint density at radius 1 is 1.22 bits per heavy atom. The van der Waals surface area contributed by atoms with Crippen LogP contribution in [0.4, 0.5) is 18.0 Å². The molecule has 0 aromatic carbocycles. The maximum atomic E-state index is 12.1. The Kier molecular flexibility index (Phi) is 4.44. The molecule has 1 heterocycles. The van der Waals surface area contributed by atoms with Gasteiger partial charge in [0, 0.05) is 18.6 Å². The summed E-state index contributed by atoms with van der Waals surface area (Å²) >= 11 is 0. The normalized spacial score (nSPS) is 25.0. The van der Waals surface area contributed by atoms with Gasteiger partial charge in [-0.2, -0.15) is 0 Å². The zero-order valence-electron chi connectivity index (χ0n) is 10.4. The van der Waals surface area contributed by atoms with Gasteiger partial charge in [0.15, 0.2) is 0 Å². The standard InChI is InChI=1S/C10H17F3N2O3/c1-9(2,3)15-8(16)17-6-4-14-5-7(6)18-10(11,12)13/h6-7,14H,4-5H2,1-3H3,(H,15,16). The highest BCUT2D eigenvalue weighted by atomic mass is 19.4. The van der Waals surface area contributed by atoms with E-state index in [1.54, 1.807) is 20.8 Å². The van der Waals surface area contributed by atoms with Crippen molar-refractivity contribution in [3.8, 4) is 0 Å². The number of hydrogen-bond donors (Lipinski definition) is 2. The number of alkyl carbamates (subject to hydrolysis) is 1. The summed E-state index contributed by atoms with van der Waals surface area (Å²) in [5.74, 6) is 0. The molecule has 0 saturated carbocycles. The van der Waals surface area contributed by atoms with Gasteiger partial charge < -0.3 is 15.4 Å².